The van der Waals surface area contributed by atoms with E-state index in [-0.39, 0.29) is 6.61 Å². The molecule has 8 heteroatoms. The first-order valence-electron chi connectivity index (χ1n) is 8.25. The number of ether oxygens (including phenoxy) is 1. The highest BCUT2D eigenvalue weighted by Gasteiger charge is 2.21. The number of benzene rings is 2. The lowest BCUT2D eigenvalue weighted by molar-refractivity contribution is -0.123. The third kappa shape index (κ3) is 6.58. The van der Waals surface area contributed by atoms with Crippen LogP contribution in [-0.4, -0.2) is 30.9 Å². The lowest BCUT2D eigenvalue weighted by Gasteiger charge is -2.16. The third-order valence-electron chi connectivity index (χ3n) is 3.53. The first-order chi connectivity index (χ1) is 13.0. The number of hydrogen-bond acceptors (Lipinski definition) is 4. The van der Waals surface area contributed by atoms with Crippen molar-refractivity contribution in [2.45, 2.75) is 19.4 Å². The Hall–Kier alpha value is -2.57. The van der Waals surface area contributed by atoms with Gasteiger partial charge in [-0.3, -0.25) is 4.79 Å². The van der Waals surface area contributed by atoms with E-state index in [1.54, 1.807) is 25.1 Å². The summed E-state index contributed by atoms with van der Waals surface area (Å²) in [5.74, 6) is -0.485. The monoisotopic (exact) mass is 407 g/mol. The van der Waals surface area contributed by atoms with Gasteiger partial charge in [0.25, 0.3) is 5.91 Å². The normalized spacial score (nSPS) is 11.8. The molecule has 0 aliphatic heterocycles. The van der Waals surface area contributed by atoms with Crippen LogP contribution >= 0.6 is 23.2 Å². The summed E-state index contributed by atoms with van der Waals surface area (Å²) in [6.45, 7) is 1.89. The van der Waals surface area contributed by atoms with E-state index in [1.807, 2.05) is 30.3 Å². The number of alkyl carbamates (subject to hydrolysis) is 1. The Morgan fingerprint density at radius 3 is 2.59 bits per heavy atom. The van der Waals surface area contributed by atoms with Gasteiger partial charge in [-0.2, -0.15) is 5.10 Å². The Bertz CT molecular complexity index is 813. The van der Waals surface area contributed by atoms with Gasteiger partial charge in [0.05, 0.1) is 22.9 Å². The van der Waals surface area contributed by atoms with Crippen molar-refractivity contribution in [3.63, 3.8) is 0 Å². The molecular weight excluding hydrogens is 389 g/mol. The van der Waals surface area contributed by atoms with E-state index in [4.69, 9.17) is 27.9 Å². The molecule has 2 aromatic rings. The van der Waals surface area contributed by atoms with Gasteiger partial charge in [0.1, 0.15) is 6.04 Å². The first kappa shape index (κ1) is 20.7. The molecule has 0 aliphatic rings. The Kier molecular flexibility index (Phi) is 8.10. The first-order valence-corrected chi connectivity index (χ1v) is 9.01. The van der Waals surface area contributed by atoms with Crippen LogP contribution in [0.3, 0.4) is 0 Å². The van der Waals surface area contributed by atoms with Gasteiger partial charge < -0.3 is 10.1 Å². The second-order valence-corrected chi connectivity index (χ2v) is 6.27. The molecule has 0 aromatic heterocycles. The highest BCUT2D eigenvalue weighted by molar-refractivity contribution is 6.43. The fourth-order valence-electron chi connectivity index (χ4n) is 2.24. The number of nitrogens with one attached hydrogen (secondary N) is 2. The van der Waals surface area contributed by atoms with Crippen LogP contribution in [0.2, 0.25) is 10.0 Å². The average molecular weight is 408 g/mol. The number of hydrazone groups is 1. The van der Waals surface area contributed by atoms with Crippen molar-refractivity contribution < 1.29 is 14.3 Å². The predicted molar refractivity (Wildman–Crippen MR) is 106 cm³/mol. The zero-order valence-corrected chi connectivity index (χ0v) is 16.1. The van der Waals surface area contributed by atoms with Gasteiger partial charge >= 0.3 is 6.09 Å². The van der Waals surface area contributed by atoms with E-state index in [2.05, 4.69) is 15.8 Å². The molecule has 0 unspecified atom stereocenters. The number of carbonyl (C=O) groups excluding carboxylic acids is 2. The fourth-order valence-corrected chi connectivity index (χ4v) is 2.59. The standard InChI is InChI=1S/C19H19Cl2N3O3/c1-2-27-19(26)23-16(11-13-7-4-3-5-8-13)18(25)24-22-12-14-9-6-10-15(20)17(14)21/h3-10,12,16H,2,11H2,1H3,(H,23,26)(H,24,25)/b22-12-/t16-/m1/s1. The van der Waals surface area contributed by atoms with Crippen molar-refractivity contribution >= 4 is 41.4 Å². The Morgan fingerprint density at radius 2 is 1.89 bits per heavy atom. The minimum Gasteiger partial charge on any atom is -0.450 e. The van der Waals surface area contributed by atoms with Gasteiger partial charge in [0.2, 0.25) is 0 Å². The molecule has 2 aromatic carbocycles. The van der Waals surface area contributed by atoms with E-state index in [0.717, 1.165) is 5.56 Å². The van der Waals surface area contributed by atoms with E-state index in [0.29, 0.717) is 22.0 Å². The molecule has 6 nitrogen and oxygen atoms in total. The van der Waals surface area contributed by atoms with E-state index >= 15 is 0 Å². The summed E-state index contributed by atoms with van der Waals surface area (Å²) in [5.41, 5.74) is 3.85. The third-order valence-corrected chi connectivity index (χ3v) is 4.36. The Balaban J connectivity index is 2.06. The second-order valence-electron chi connectivity index (χ2n) is 5.48. The van der Waals surface area contributed by atoms with Gasteiger partial charge in [0.15, 0.2) is 0 Å². The molecule has 2 N–H and O–H groups in total. The zero-order valence-electron chi connectivity index (χ0n) is 14.6. The lowest BCUT2D eigenvalue weighted by Crippen LogP contribution is -2.47. The predicted octanol–water partition coefficient (Wildman–Crippen LogP) is 3.80. The van der Waals surface area contributed by atoms with Crippen LogP contribution < -0.4 is 10.7 Å². The van der Waals surface area contributed by atoms with Crippen LogP contribution in [0, 0.1) is 0 Å². The molecule has 0 heterocycles. The summed E-state index contributed by atoms with van der Waals surface area (Å²) in [4.78, 5) is 24.2. The van der Waals surface area contributed by atoms with E-state index in [9.17, 15) is 9.59 Å². The maximum atomic E-state index is 12.5. The van der Waals surface area contributed by atoms with Gasteiger partial charge in [-0.1, -0.05) is 65.7 Å². The van der Waals surface area contributed by atoms with Crippen LogP contribution in [0.15, 0.2) is 53.6 Å². The van der Waals surface area contributed by atoms with Crippen LogP contribution in [0.4, 0.5) is 4.79 Å². The summed E-state index contributed by atoms with van der Waals surface area (Å²) in [7, 11) is 0. The lowest BCUT2D eigenvalue weighted by atomic mass is 10.1. The molecule has 142 valence electrons. The van der Waals surface area contributed by atoms with Crippen molar-refractivity contribution in [2.24, 2.45) is 5.10 Å². The minimum absolute atomic E-state index is 0.205. The molecular formula is C19H19Cl2N3O3. The molecule has 2 rings (SSSR count). The number of rotatable bonds is 7. The van der Waals surface area contributed by atoms with E-state index < -0.39 is 18.0 Å². The fraction of sp³-hybridized carbons (Fsp3) is 0.211. The number of hydrogen-bond donors (Lipinski definition) is 2. The molecule has 0 bridgehead atoms. The molecule has 27 heavy (non-hydrogen) atoms. The molecule has 0 aliphatic carbocycles. The molecule has 0 saturated carbocycles. The SMILES string of the molecule is CCOC(=O)N[C@H](Cc1ccccc1)C(=O)N/N=C\c1cccc(Cl)c1Cl. The maximum Gasteiger partial charge on any atom is 0.407 e. The van der Waals surface area contributed by atoms with Gasteiger partial charge in [-0.25, -0.2) is 10.2 Å². The Labute approximate surface area is 167 Å². The number of amides is 2. The molecule has 0 radical (unpaired) electrons. The molecule has 1 atom stereocenters. The average Bonchev–Trinajstić information content (AvgIpc) is 2.65. The van der Waals surface area contributed by atoms with Crippen molar-refractivity contribution in [3.05, 3.63) is 69.7 Å². The minimum atomic E-state index is -0.849. The second kappa shape index (κ2) is 10.5. The highest BCUT2D eigenvalue weighted by Crippen LogP contribution is 2.24. The van der Waals surface area contributed by atoms with E-state index in [1.165, 1.54) is 6.21 Å². The summed E-state index contributed by atoms with van der Waals surface area (Å²) >= 11 is 12.0. The van der Waals surface area contributed by atoms with Crippen molar-refractivity contribution in [3.8, 4) is 0 Å². The van der Waals surface area contributed by atoms with Gasteiger partial charge in [-0.15, -0.1) is 0 Å². The van der Waals surface area contributed by atoms with Crippen molar-refractivity contribution in [1.82, 2.24) is 10.7 Å². The maximum absolute atomic E-state index is 12.5. The number of nitrogens with zero attached hydrogens (tertiary/aromatic N) is 1. The zero-order chi connectivity index (χ0) is 19.6. The quantitative estimate of drug-likeness (QED) is 0.540. The van der Waals surface area contributed by atoms with Crippen molar-refractivity contribution in [1.29, 1.82) is 0 Å². The number of carbonyl (C=O) groups is 2. The molecule has 0 fully saturated rings. The van der Waals surface area contributed by atoms with Gasteiger partial charge in [-0.05, 0) is 18.6 Å². The van der Waals surface area contributed by atoms with Crippen LogP contribution in [0.5, 0.6) is 0 Å². The smallest absolute Gasteiger partial charge is 0.407 e. The topological polar surface area (TPSA) is 79.8 Å². The Morgan fingerprint density at radius 1 is 1.15 bits per heavy atom. The van der Waals surface area contributed by atoms with Crippen LogP contribution in [0.25, 0.3) is 0 Å². The largest absolute Gasteiger partial charge is 0.450 e. The summed E-state index contributed by atoms with van der Waals surface area (Å²) in [5, 5.41) is 7.16. The molecule has 0 saturated heterocycles. The summed E-state index contributed by atoms with van der Waals surface area (Å²) in [6, 6.07) is 13.5. The van der Waals surface area contributed by atoms with Crippen molar-refractivity contribution in [2.75, 3.05) is 6.61 Å². The summed E-state index contributed by atoms with van der Waals surface area (Å²) in [6.07, 6.45) is 1.00. The van der Waals surface area contributed by atoms with Gasteiger partial charge in [0, 0.05) is 12.0 Å². The highest BCUT2D eigenvalue weighted by atomic mass is 35.5. The molecule has 0 spiro atoms. The number of halogens is 2. The van der Waals surface area contributed by atoms with Crippen LogP contribution in [0.1, 0.15) is 18.1 Å². The summed E-state index contributed by atoms with van der Waals surface area (Å²) < 4.78 is 4.86. The molecule has 2 amide bonds. The van der Waals surface area contributed by atoms with Crippen LogP contribution in [-0.2, 0) is 16.0 Å².